The van der Waals surface area contributed by atoms with E-state index in [1.807, 2.05) is 28.7 Å². The van der Waals surface area contributed by atoms with Crippen molar-refractivity contribution >= 4 is 46.1 Å². The highest BCUT2D eigenvalue weighted by Gasteiger charge is 2.29. The van der Waals surface area contributed by atoms with Crippen molar-refractivity contribution in [1.29, 1.82) is 0 Å². The highest BCUT2D eigenvalue weighted by molar-refractivity contribution is 14.1. The Morgan fingerprint density at radius 1 is 1.21 bits per heavy atom. The Bertz CT molecular complexity index is 809. The number of nitrogens with one attached hydrogen (secondary N) is 1. The summed E-state index contributed by atoms with van der Waals surface area (Å²) in [4.78, 5) is 36.5. The standard InChI is InChI=1S/C17H16INO5/c1-4-23-17(22)14-13(9(2)20)10(3)24-16(14)19-15(21)11-7-5-6-8-12(11)18/h5-8H,4H2,1-3H3,(H,19,21). The number of hydrogen-bond donors (Lipinski definition) is 1. The van der Waals surface area contributed by atoms with E-state index in [9.17, 15) is 14.4 Å². The van der Waals surface area contributed by atoms with Crippen LogP contribution in [0.3, 0.4) is 0 Å². The maximum absolute atomic E-state index is 12.4. The molecule has 0 saturated carbocycles. The summed E-state index contributed by atoms with van der Waals surface area (Å²) in [5.41, 5.74) is 0.499. The van der Waals surface area contributed by atoms with Gasteiger partial charge in [-0.25, -0.2) is 4.79 Å². The van der Waals surface area contributed by atoms with Crippen molar-refractivity contribution in [3.05, 3.63) is 50.3 Å². The zero-order valence-electron chi connectivity index (χ0n) is 13.4. The number of benzene rings is 1. The van der Waals surface area contributed by atoms with Gasteiger partial charge in [0.05, 0.1) is 17.7 Å². The topological polar surface area (TPSA) is 85.6 Å². The molecule has 1 heterocycles. The molecule has 126 valence electrons. The molecule has 0 fully saturated rings. The van der Waals surface area contributed by atoms with Gasteiger partial charge in [0.25, 0.3) is 5.91 Å². The number of carbonyl (C=O) groups excluding carboxylic acids is 3. The highest BCUT2D eigenvalue weighted by Crippen LogP contribution is 2.29. The van der Waals surface area contributed by atoms with Gasteiger partial charge in [0, 0.05) is 3.57 Å². The quantitative estimate of drug-likeness (QED) is 0.433. The van der Waals surface area contributed by atoms with Crippen molar-refractivity contribution in [3.8, 4) is 0 Å². The van der Waals surface area contributed by atoms with Crippen LogP contribution in [0.25, 0.3) is 0 Å². The number of ketones is 1. The van der Waals surface area contributed by atoms with Gasteiger partial charge in [-0.05, 0) is 55.5 Å². The van der Waals surface area contributed by atoms with Crippen LogP contribution in [0.1, 0.15) is 50.7 Å². The summed E-state index contributed by atoms with van der Waals surface area (Å²) < 4.78 is 11.2. The van der Waals surface area contributed by atoms with E-state index in [0.29, 0.717) is 5.56 Å². The average Bonchev–Trinajstić information content (AvgIpc) is 2.84. The van der Waals surface area contributed by atoms with E-state index in [1.165, 1.54) is 6.92 Å². The van der Waals surface area contributed by atoms with Crippen LogP contribution in [0.15, 0.2) is 28.7 Å². The Morgan fingerprint density at radius 2 is 1.88 bits per heavy atom. The van der Waals surface area contributed by atoms with E-state index in [-0.39, 0.29) is 35.2 Å². The molecule has 1 aromatic carbocycles. The third-order valence-corrected chi connectivity index (χ3v) is 4.20. The molecule has 0 radical (unpaired) electrons. The summed E-state index contributed by atoms with van der Waals surface area (Å²) in [5, 5.41) is 2.56. The van der Waals surface area contributed by atoms with E-state index >= 15 is 0 Å². The normalized spacial score (nSPS) is 10.3. The fraction of sp³-hybridized carbons (Fsp3) is 0.235. The summed E-state index contributed by atoms with van der Waals surface area (Å²) in [5.74, 6) is -1.31. The zero-order chi connectivity index (χ0) is 17.9. The van der Waals surface area contributed by atoms with Crippen molar-refractivity contribution in [2.75, 3.05) is 11.9 Å². The van der Waals surface area contributed by atoms with Crippen LogP contribution in [0, 0.1) is 10.5 Å². The van der Waals surface area contributed by atoms with Crippen molar-refractivity contribution in [2.45, 2.75) is 20.8 Å². The molecular weight excluding hydrogens is 425 g/mol. The Morgan fingerprint density at radius 3 is 2.46 bits per heavy atom. The van der Waals surface area contributed by atoms with Crippen LogP contribution < -0.4 is 5.32 Å². The lowest BCUT2D eigenvalue weighted by Gasteiger charge is -2.07. The minimum atomic E-state index is -0.711. The van der Waals surface area contributed by atoms with E-state index in [2.05, 4.69) is 5.32 Å². The maximum atomic E-state index is 12.4. The molecular formula is C17H16INO5. The molecule has 0 aliphatic heterocycles. The van der Waals surface area contributed by atoms with Gasteiger partial charge < -0.3 is 9.15 Å². The summed E-state index contributed by atoms with van der Waals surface area (Å²) >= 11 is 2.04. The summed E-state index contributed by atoms with van der Waals surface area (Å²) in [7, 11) is 0. The van der Waals surface area contributed by atoms with E-state index in [4.69, 9.17) is 9.15 Å². The number of halogens is 1. The second-order valence-electron chi connectivity index (χ2n) is 4.95. The van der Waals surface area contributed by atoms with Crippen molar-refractivity contribution in [3.63, 3.8) is 0 Å². The fourth-order valence-corrected chi connectivity index (χ4v) is 2.90. The smallest absolute Gasteiger partial charge is 0.344 e. The number of ether oxygens (including phenoxy) is 1. The molecule has 2 rings (SSSR count). The Hall–Kier alpha value is -2.16. The Labute approximate surface area is 152 Å². The number of aryl methyl sites for hydroxylation is 1. The first kappa shape index (κ1) is 18.2. The molecule has 0 unspecified atom stereocenters. The average molecular weight is 441 g/mol. The van der Waals surface area contributed by atoms with Crippen LogP contribution >= 0.6 is 22.6 Å². The molecule has 1 N–H and O–H groups in total. The van der Waals surface area contributed by atoms with Crippen molar-refractivity contribution in [2.24, 2.45) is 0 Å². The van der Waals surface area contributed by atoms with Gasteiger partial charge in [-0.15, -0.1) is 0 Å². The first-order valence-electron chi connectivity index (χ1n) is 7.24. The first-order valence-corrected chi connectivity index (χ1v) is 8.32. The lowest BCUT2D eigenvalue weighted by atomic mass is 10.1. The predicted molar refractivity (Wildman–Crippen MR) is 96.5 cm³/mol. The number of hydrogen-bond acceptors (Lipinski definition) is 5. The van der Waals surface area contributed by atoms with Gasteiger partial charge in [-0.3, -0.25) is 14.9 Å². The number of amides is 1. The molecule has 0 spiro atoms. The van der Waals surface area contributed by atoms with E-state index in [1.54, 1.807) is 32.0 Å². The van der Waals surface area contributed by atoms with Gasteiger partial charge >= 0.3 is 5.97 Å². The monoisotopic (exact) mass is 441 g/mol. The van der Waals surface area contributed by atoms with Gasteiger partial charge in [0.2, 0.25) is 5.88 Å². The predicted octanol–water partition coefficient (Wildman–Crippen LogP) is 3.82. The molecule has 0 aliphatic rings. The third-order valence-electron chi connectivity index (χ3n) is 3.26. The molecule has 6 nitrogen and oxygen atoms in total. The number of furan rings is 1. The second kappa shape index (κ2) is 7.61. The van der Waals surface area contributed by atoms with Crippen LogP contribution in [-0.4, -0.2) is 24.3 Å². The minimum absolute atomic E-state index is 0.0545. The number of anilines is 1. The van der Waals surface area contributed by atoms with E-state index < -0.39 is 11.9 Å². The van der Waals surface area contributed by atoms with Gasteiger partial charge in [-0.1, -0.05) is 12.1 Å². The number of rotatable bonds is 5. The van der Waals surface area contributed by atoms with Gasteiger partial charge in [0.15, 0.2) is 5.78 Å². The van der Waals surface area contributed by atoms with Crippen molar-refractivity contribution in [1.82, 2.24) is 0 Å². The minimum Gasteiger partial charge on any atom is -0.462 e. The van der Waals surface area contributed by atoms with Crippen LogP contribution in [0.5, 0.6) is 0 Å². The number of carbonyl (C=O) groups is 3. The third kappa shape index (κ3) is 3.66. The zero-order valence-corrected chi connectivity index (χ0v) is 15.6. The van der Waals surface area contributed by atoms with Gasteiger partial charge in [0.1, 0.15) is 11.3 Å². The Kier molecular flexibility index (Phi) is 5.76. The van der Waals surface area contributed by atoms with Crippen LogP contribution in [0.2, 0.25) is 0 Å². The molecule has 1 aromatic heterocycles. The molecule has 24 heavy (non-hydrogen) atoms. The summed E-state index contributed by atoms with van der Waals surface area (Å²) in [6.45, 7) is 4.68. The molecule has 7 heteroatoms. The fourth-order valence-electron chi connectivity index (χ4n) is 2.27. The van der Waals surface area contributed by atoms with Crippen LogP contribution in [-0.2, 0) is 4.74 Å². The molecule has 1 amide bonds. The Balaban J connectivity index is 2.45. The number of Topliss-reactive ketones (excluding diaryl/α,β-unsaturated/α-hetero) is 1. The molecule has 0 atom stereocenters. The van der Waals surface area contributed by atoms with Gasteiger partial charge in [-0.2, -0.15) is 0 Å². The maximum Gasteiger partial charge on any atom is 0.344 e. The highest BCUT2D eigenvalue weighted by atomic mass is 127. The summed E-state index contributed by atoms with van der Waals surface area (Å²) in [6, 6.07) is 6.99. The SMILES string of the molecule is CCOC(=O)c1c(NC(=O)c2ccccc2I)oc(C)c1C(C)=O. The molecule has 2 aromatic rings. The lowest BCUT2D eigenvalue weighted by molar-refractivity contribution is 0.0524. The van der Waals surface area contributed by atoms with Crippen LogP contribution in [0.4, 0.5) is 5.88 Å². The number of esters is 1. The largest absolute Gasteiger partial charge is 0.462 e. The molecule has 0 saturated heterocycles. The first-order chi connectivity index (χ1) is 11.4. The molecule has 0 aliphatic carbocycles. The lowest BCUT2D eigenvalue weighted by Crippen LogP contribution is -2.17. The van der Waals surface area contributed by atoms with E-state index in [0.717, 1.165) is 3.57 Å². The molecule has 0 bridgehead atoms. The second-order valence-corrected chi connectivity index (χ2v) is 6.11. The van der Waals surface area contributed by atoms with Crippen molar-refractivity contribution < 1.29 is 23.5 Å². The summed E-state index contributed by atoms with van der Waals surface area (Å²) in [6.07, 6.45) is 0.